The van der Waals surface area contributed by atoms with Crippen LogP contribution in [-0.4, -0.2) is 73.7 Å². The molecule has 2 aliphatic rings. The molecule has 7 nitrogen and oxygen atoms in total. The van der Waals surface area contributed by atoms with Crippen molar-refractivity contribution in [2.24, 2.45) is 0 Å². The number of hydrogen-bond acceptors (Lipinski definition) is 5. The third-order valence-electron chi connectivity index (χ3n) is 5.58. The molecule has 0 unspecified atom stereocenters. The smallest absolute Gasteiger partial charge is 0.305 e. The van der Waals surface area contributed by atoms with Gasteiger partial charge >= 0.3 is 5.97 Å². The van der Waals surface area contributed by atoms with Crippen LogP contribution in [0.4, 0.5) is 5.69 Å². The number of carboxylic acid groups (broad SMARTS) is 1. The van der Waals surface area contributed by atoms with Gasteiger partial charge in [0.2, 0.25) is 0 Å². The summed E-state index contributed by atoms with van der Waals surface area (Å²) < 4.78 is 0. The summed E-state index contributed by atoms with van der Waals surface area (Å²) in [6.45, 7) is 8.51. The van der Waals surface area contributed by atoms with Crippen molar-refractivity contribution in [3.8, 4) is 0 Å². The summed E-state index contributed by atoms with van der Waals surface area (Å²) in [6.07, 6.45) is 2.42. The van der Waals surface area contributed by atoms with Gasteiger partial charge in [0.15, 0.2) is 0 Å². The van der Waals surface area contributed by atoms with Crippen molar-refractivity contribution in [1.82, 2.24) is 15.5 Å². The fourth-order valence-electron chi connectivity index (χ4n) is 3.99. The van der Waals surface area contributed by atoms with Crippen LogP contribution in [-0.2, 0) is 4.79 Å². The summed E-state index contributed by atoms with van der Waals surface area (Å²) in [5.41, 5.74) is 2.68. The summed E-state index contributed by atoms with van der Waals surface area (Å²) in [7, 11) is 0. The number of carboxylic acids is 1. The van der Waals surface area contributed by atoms with E-state index in [0.717, 1.165) is 50.5 Å². The third-order valence-corrected chi connectivity index (χ3v) is 5.58. The molecule has 2 aliphatic heterocycles. The number of piperazine rings is 1. The first-order valence-corrected chi connectivity index (χ1v) is 9.85. The van der Waals surface area contributed by atoms with Crippen LogP contribution in [0.5, 0.6) is 0 Å². The highest BCUT2D eigenvalue weighted by atomic mass is 16.4. The third kappa shape index (κ3) is 5.20. The Morgan fingerprint density at radius 2 is 1.89 bits per heavy atom. The molecule has 0 radical (unpaired) electrons. The summed E-state index contributed by atoms with van der Waals surface area (Å²) in [5, 5.41) is 14.8. The standard InChI is InChI=1S/C20H30N4O3/c1-15-14-17(2-3-18(15)20(27)22-9-6-19(25)26)24-12-10-23(11-13-24)16-4-7-21-8-5-16/h2-3,14,16,21H,4-13H2,1H3,(H,22,27)(H,25,26). The van der Waals surface area contributed by atoms with Crippen LogP contribution in [0.25, 0.3) is 0 Å². The Labute approximate surface area is 160 Å². The minimum Gasteiger partial charge on any atom is -0.481 e. The fourth-order valence-corrected chi connectivity index (χ4v) is 3.99. The van der Waals surface area contributed by atoms with Crippen molar-refractivity contribution < 1.29 is 14.7 Å². The van der Waals surface area contributed by atoms with Gasteiger partial charge in [0.1, 0.15) is 0 Å². The molecule has 1 amide bonds. The molecule has 2 heterocycles. The Morgan fingerprint density at radius 1 is 1.19 bits per heavy atom. The number of aryl methyl sites for hydroxylation is 1. The lowest BCUT2D eigenvalue weighted by atomic mass is 10.0. The maximum atomic E-state index is 12.2. The van der Waals surface area contributed by atoms with Crippen molar-refractivity contribution in [3.05, 3.63) is 29.3 Å². The summed E-state index contributed by atoms with van der Waals surface area (Å²) in [5.74, 6) is -1.12. The number of hydrogen-bond donors (Lipinski definition) is 3. The average Bonchev–Trinajstić information content (AvgIpc) is 2.68. The predicted octanol–water partition coefficient (Wildman–Crippen LogP) is 1.07. The summed E-state index contributed by atoms with van der Waals surface area (Å²) in [4.78, 5) is 27.8. The van der Waals surface area contributed by atoms with Crippen LogP contribution in [0.15, 0.2) is 18.2 Å². The first kappa shape index (κ1) is 19.6. The van der Waals surface area contributed by atoms with Crippen LogP contribution in [0.3, 0.4) is 0 Å². The largest absolute Gasteiger partial charge is 0.481 e. The van der Waals surface area contributed by atoms with E-state index in [1.54, 1.807) is 0 Å². The molecule has 0 aliphatic carbocycles. The molecule has 3 N–H and O–H groups in total. The summed E-state index contributed by atoms with van der Waals surface area (Å²) >= 11 is 0. The molecule has 0 atom stereocenters. The zero-order valence-electron chi connectivity index (χ0n) is 16.0. The fraction of sp³-hybridized carbons (Fsp3) is 0.600. The van der Waals surface area contributed by atoms with Crippen molar-refractivity contribution in [2.45, 2.75) is 32.2 Å². The highest BCUT2D eigenvalue weighted by Gasteiger charge is 2.25. The molecule has 1 aromatic carbocycles. The maximum Gasteiger partial charge on any atom is 0.305 e. The lowest BCUT2D eigenvalue weighted by molar-refractivity contribution is -0.136. The minimum absolute atomic E-state index is 0.0653. The first-order valence-electron chi connectivity index (χ1n) is 9.85. The van der Waals surface area contributed by atoms with Gasteiger partial charge in [0.25, 0.3) is 5.91 Å². The molecular weight excluding hydrogens is 344 g/mol. The van der Waals surface area contributed by atoms with Gasteiger partial charge in [-0.3, -0.25) is 14.5 Å². The molecular formula is C20H30N4O3. The normalized spacial score (nSPS) is 19.1. The second kappa shape index (κ2) is 9.19. The number of anilines is 1. The predicted molar refractivity (Wildman–Crippen MR) is 105 cm³/mol. The molecule has 2 saturated heterocycles. The Balaban J connectivity index is 1.54. The van der Waals surface area contributed by atoms with Gasteiger partial charge in [-0.2, -0.15) is 0 Å². The van der Waals surface area contributed by atoms with Gasteiger partial charge in [-0.25, -0.2) is 0 Å². The Bertz CT molecular complexity index is 665. The number of carbonyl (C=O) groups excluding carboxylic acids is 1. The molecule has 1 aromatic rings. The summed E-state index contributed by atoms with van der Waals surface area (Å²) in [6, 6.07) is 6.62. The second-order valence-electron chi connectivity index (χ2n) is 7.40. The quantitative estimate of drug-likeness (QED) is 0.691. The van der Waals surface area contributed by atoms with Crippen molar-refractivity contribution in [3.63, 3.8) is 0 Å². The molecule has 0 saturated carbocycles. The number of nitrogens with one attached hydrogen (secondary N) is 2. The van der Waals surface area contributed by atoms with Gasteiger partial charge in [0.05, 0.1) is 6.42 Å². The Morgan fingerprint density at radius 3 is 2.52 bits per heavy atom. The monoisotopic (exact) mass is 374 g/mol. The number of aliphatic carboxylic acids is 1. The van der Waals surface area contributed by atoms with Gasteiger partial charge in [-0.15, -0.1) is 0 Å². The lowest BCUT2D eigenvalue weighted by Crippen LogP contribution is -2.52. The number of piperidine rings is 1. The number of nitrogens with zero attached hydrogens (tertiary/aromatic N) is 2. The van der Waals surface area contributed by atoms with Gasteiger partial charge in [-0.05, 0) is 56.6 Å². The van der Waals surface area contributed by atoms with E-state index in [4.69, 9.17) is 5.11 Å². The Hall–Kier alpha value is -2.12. The van der Waals surface area contributed by atoms with Gasteiger partial charge < -0.3 is 20.6 Å². The van der Waals surface area contributed by atoms with Crippen molar-refractivity contribution in [2.75, 3.05) is 50.7 Å². The highest BCUT2D eigenvalue weighted by Crippen LogP contribution is 2.22. The topological polar surface area (TPSA) is 84.9 Å². The van der Waals surface area contributed by atoms with E-state index in [1.807, 2.05) is 19.1 Å². The second-order valence-corrected chi connectivity index (χ2v) is 7.40. The highest BCUT2D eigenvalue weighted by molar-refractivity contribution is 5.96. The van der Waals surface area contributed by atoms with Crippen LogP contribution in [0.1, 0.15) is 35.2 Å². The van der Waals surface area contributed by atoms with Gasteiger partial charge in [0, 0.05) is 50.0 Å². The van der Waals surface area contributed by atoms with Crippen LogP contribution in [0, 0.1) is 6.92 Å². The molecule has 27 heavy (non-hydrogen) atoms. The van der Waals surface area contributed by atoms with Crippen LogP contribution < -0.4 is 15.5 Å². The molecule has 3 rings (SSSR count). The van der Waals surface area contributed by atoms with Crippen molar-refractivity contribution in [1.29, 1.82) is 0 Å². The maximum absolute atomic E-state index is 12.2. The zero-order chi connectivity index (χ0) is 19.2. The van der Waals surface area contributed by atoms with Crippen molar-refractivity contribution >= 4 is 17.6 Å². The van der Waals surface area contributed by atoms with Crippen LogP contribution >= 0.6 is 0 Å². The number of benzene rings is 1. The molecule has 0 spiro atoms. The van der Waals surface area contributed by atoms with E-state index in [9.17, 15) is 9.59 Å². The van der Waals surface area contributed by atoms with E-state index < -0.39 is 5.97 Å². The Kier molecular flexibility index (Phi) is 6.68. The molecule has 148 valence electrons. The number of carbonyl (C=O) groups is 2. The first-order chi connectivity index (χ1) is 13.0. The van der Waals surface area contributed by atoms with E-state index >= 15 is 0 Å². The minimum atomic E-state index is -0.911. The van der Waals surface area contributed by atoms with E-state index in [0.29, 0.717) is 11.6 Å². The average molecular weight is 374 g/mol. The molecule has 0 bridgehead atoms. The van der Waals surface area contributed by atoms with E-state index in [2.05, 4.69) is 26.5 Å². The van der Waals surface area contributed by atoms with E-state index in [-0.39, 0.29) is 18.9 Å². The molecule has 0 aromatic heterocycles. The molecule has 7 heteroatoms. The van der Waals surface area contributed by atoms with E-state index in [1.165, 1.54) is 12.8 Å². The van der Waals surface area contributed by atoms with Crippen LogP contribution in [0.2, 0.25) is 0 Å². The SMILES string of the molecule is Cc1cc(N2CCN(C3CCNCC3)CC2)ccc1C(=O)NCCC(=O)O. The lowest BCUT2D eigenvalue weighted by Gasteiger charge is -2.41. The number of rotatable bonds is 6. The van der Waals surface area contributed by atoms with Gasteiger partial charge in [-0.1, -0.05) is 0 Å². The molecule has 2 fully saturated rings. The number of amides is 1. The zero-order valence-corrected chi connectivity index (χ0v) is 16.0.